The van der Waals surface area contributed by atoms with Gasteiger partial charge in [-0.15, -0.1) is 0 Å². The third kappa shape index (κ3) is 4.08. The number of nitrogens with two attached hydrogens (primary N) is 1. The first-order chi connectivity index (χ1) is 9.60. The highest BCUT2D eigenvalue weighted by molar-refractivity contribution is 9.11. The summed E-state index contributed by atoms with van der Waals surface area (Å²) in [4.78, 5) is 0. The standard InChI is InChI=1S/C16H17Br2NO/c1-2-7-20-15-5-3-11(4-6-15)16(19)12-8-13(17)10-14(18)9-12/h3-6,8-10,16H,2,7,19H2,1H3. The summed E-state index contributed by atoms with van der Waals surface area (Å²) in [5.41, 5.74) is 8.45. The van der Waals surface area contributed by atoms with Gasteiger partial charge in [0.15, 0.2) is 0 Å². The van der Waals surface area contributed by atoms with E-state index in [0.717, 1.165) is 38.8 Å². The van der Waals surface area contributed by atoms with Crippen LogP contribution < -0.4 is 10.5 Å². The summed E-state index contributed by atoms with van der Waals surface area (Å²) in [6, 6.07) is 13.9. The van der Waals surface area contributed by atoms with Gasteiger partial charge < -0.3 is 10.5 Å². The van der Waals surface area contributed by atoms with E-state index < -0.39 is 0 Å². The Morgan fingerprint density at radius 3 is 2.15 bits per heavy atom. The lowest BCUT2D eigenvalue weighted by Gasteiger charge is -2.14. The number of hydrogen-bond acceptors (Lipinski definition) is 2. The zero-order chi connectivity index (χ0) is 14.5. The van der Waals surface area contributed by atoms with E-state index in [1.165, 1.54) is 0 Å². The molecule has 0 aliphatic carbocycles. The first-order valence-electron chi connectivity index (χ1n) is 6.54. The summed E-state index contributed by atoms with van der Waals surface area (Å²) < 4.78 is 7.61. The quantitative estimate of drug-likeness (QED) is 0.764. The van der Waals surface area contributed by atoms with Crippen LogP contribution in [0.3, 0.4) is 0 Å². The molecule has 2 aromatic carbocycles. The molecular formula is C16H17Br2NO. The van der Waals surface area contributed by atoms with Gasteiger partial charge in [-0.3, -0.25) is 0 Å². The fourth-order valence-electron chi connectivity index (χ4n) is 1.94. The molecule has 0 aliphatic rings. The van der Waals surface area contributed by atoms with Gasteiger partial charge in [0.05, 0.1) is 12.6 Å². The van der Waals surface area contributed by atoms with E-state index in [-0.39, 0.29) is 6.04 Å². The molecule has 0 aromatic heterocycles. The molecule has 0 radical (unpaired) electrons. The van der Waals surface area contributed by atoms with E-state index in [2.05, 4.69) is 38.8 Å². The average Bonchev–Trinajstić information content (AvgIpc) is 2.44. The molecule has 0 fully saturated rings. The van der Waals surface area contributed by atoms with E-state index in [0.29, 0.717) is 0 Å². The minimum atomic E-state index is -0.149. The Morgan fingerprint density at radius 1 is 1.00 bits per heavy atom. The van der Waals surface area contributed by atoms with Crippen molar-refractivity contribution in [3.63, 3.8) is 0 Å². The van der Waals surface area contributed by atoms with Gasteiger partial charge >= 0.3 is 0 Å². The summed E-state index contributed by atoms with van der Waals surface area (Å²) in [5, 5.41) is 0. The first kappa shape index (κ1) is 15.5. The molecule has 0 heterocycles. The van der Waals surface area contributed by atoms with Crippen LogP contribution >= 0.6 is 31.9 Å². The lowest BCUT2D eigenvalue weighted by Crippen LogP contribution is -2.11. The normalized spacial score (nSPS) is 12.2. The molecule has 0 spiro atoms. The zero-order valence-corrected chi connectivity index (χ0v) is 14.4. The van der Waals surface area contributed by atoms with Crippen molar-refractivity contribution < 1.29 is 4.74 Å². The Morgan fingerprint density at radius 2 is 1.60 bits per heavy atom. The maximum Gasteiger partial charge on any atom is 0.119 e. The summed E-state index contributed by atoms with van der Waals surface area (Å²) >= 11 is 6.98. The Bertz CT molecular complexity index is 549. The molecule has 2 rings (SSSR count). The number of halogens is 2. The molecule has 106 valence electrons. The van der Waals surface area contributed by atoms with Gasteiger partial charge in [0, 0.05) is 8.95 Å². The van der Waals surface area contributed by atoms with E-state index in [1.807, 2.05) is 42.5 Å². The molecule has 1 atom stereocenters. The fourth-order valence-corrected chi connectivity index (χ4v) is 3.27. The summed E-state index contributed by atoms with van der Waals surface area (Å²) in [6.07, 6.45) is 1.01. The molecule has 2 nitrogen and oxygen atoms in total. The van der Waals surface area contributed by atoms with E-state index in [4.69, 9.17) is 10.5 Å². The average molecular weight is 399 g/mol. The lowest BCUT2D eigenvalue weighted by atomic mass is 10.00. The van der Waals surface area contributed by atoms with Crippen LogP contribution in [0.4, 0.5) is 0 Å². The minimum Gasteiger partial charge on any atom is -0.494 e. The second-order valence-electron chi connectivity index (χ2n) is 4.60. The predicted molar refractivity (Wildman–Crippen MR) is 90.1 cm³/mol. The maximum absolute atomic E-state index is 6.32. The molecule has 0 amide bonds. The van der Waals surface area contributed by atoms with Crippen molar-refractivity contribution in [3.8, 4) is 5.75 Å². The van der Waals surface area contributed by atoms with E-state index >= 15 is 0 Å². The topological polar surface area (TPSA) is 35.2 Å². The molecule has 2 N–H and O–H groups in total. The molecule has 0 saturated carbocycles. The van der Waals surface area contributed by atoms with Crippen molar-refractivity contribution in [3.05, 3.63) is 62.5 Å². The molecular weight excluding hydrogens is 382 g/mol. The fraction of sp³-hybridized carbons (Fsp3) is 0.250. The molecule has 20 heavy (non-hydrogen) atoms. The van der Waals surface area contributed by atoms with Crippen LogP contribution in [0.25, 0.3) is 0 Å². The second-order valence-corrected chi connectivity index (χ2v) is 6.43. The van der Waals surface area contributed by atoms with Crippen LogP contribution in [0.2, 0.25) is 0 Å². The summed E-state index contributed by atoms with van der Waals surface area (Å²) in [5.74, 6) is 0.887. The largest absolute Gasteiger partial charge is 0.494 e. The van der Waals surface area contributed by atoms with Crippen LogP contribution in [0.1, 0.15) is 30.5 Å². The molecule has 4 heteroatoms. The van der Waals surface area contributed by atoms with Gasteiger partial charge in [0.1, 0.15) is 5.75 Å². The van der Waals surface area contributed by atoms with E-state index in [1.54, 1.807) is 0 Å². The van der Waals surface area contributed by atoms with Gasteiger partial charge in [-0.1, -0.05) is 50.9 Å². The van der Waals surface area contributed by atoms with Crippen molar-refractivity contribution >= 4 is 31.9 Å². The molecule has 1 unspecified atom stereocenters. The predicted octanol–water partition coefficient (Wildman–Crippen LogP) is 5.05. The Hall–Kier alpha value is -0.840. The molecule has 2 aromatic rings. The third-order valence-electron chi connectivity index (χ3n) is 2.96. The van der Waals surface area contributed by atoms with Crippen molar-refractivity contribution in [2.75, 3.05) is 6.61 Å². The third-order valence-corrected chi connectivity index (χ3v) is 3.87. The summed E-state index contributed by atoms with van der Waals surface area (Å²) in [7, 11) is 0. The van der Waals surface area contributed by atoms with Crippen LogP contribution in [-0.2, 0) is 0 Å². The van der Waals surface area contributed by atoms with Crippen LogP contribution in [0.15, 0.2) is 51.4 Å². The summed E-state index contributed by atoms with van der Waals surface area (Å²) in [6.45, 7) is 2.83. The number of hydrogen-bond donors (Lipinski definition) is 1. The number of ether oxygens (including phenoxy) is 1. The second kappa shape index (κ2) is 7.25. The zero-order valence-electron chi connectivity index (χ0n) is 11.3. The van der Waals surface area contributed by atoms with Crippen molar-refractivity contribution in [2.24, 2.45) is 5.73 Å². The highest BCUT2D eigenvalue weighted by Gasteiger charge is 2.10. The molecule has 0 saturated heterocycles. The lowest BCUT2D eigenvalue weighted by molar-refractivity contribution is 0.317. The van der Waals surface area contributed by atoms with Crippen LogP contribution in [0.5, 0.6) is 5.75 Å². The Balaban J connectivity index is 2.17. The van der Waals surface area contributed by atoms with Crippen molar-refractivity contribution in [1.29, 1.82) is 0 Å². The highest BCUT2D eigenvalue weighted by atomic mass is 79.9. The van der Waals surface area contributed by atoms with Crippen molar-refractivity contribution in [1.82, 2.24) is 0 Å². The number of benzene rings is 2. The van der Waals surface area contributed by atoms with Crippen LogP contribution in [0, 0.1) is 0 Å². The smallest absolute Gasteiger partial charge is 0.119 e. The van der Waals surface area contributed by atoms with Gasteiger partial charge in [0.2, 0.25) is 0 Å². The molecule has 0 bridgehead atoms. The van der Waals surface area contributed by atoms with Crippen molar-refractivity contribution in [2.45, 2.75) is 19.4 Å². The van der Waals surface area contributed by atoms with Gasteiger partial charge in [0.25, 0.3) is 0 Å². The SMILES string of the molecule is CCCOc1ccc(C(N)c2cc(Br)cc(Br)c2)cc1. The Labute approximate surface area is 136 Å². The monoisotopic (exact) mass is 397 g/mol. The maximum atomic E-state index is 6.32. The first-order valence-corrected chi connectivity index (χ1v) is 8.13. The Kier molecular flexibility index (Phi) is 5.64. The minimum absolute atomic E-state index is 0.149. The number of rotatable bonds is 5. The van der Waals surface area contributed by atoms with E-state index in [9.17, 15) is 0 Å². The van der Waals surface area contributed by atoms with Crippen LogP contribution in [-0.4, -0.2) is 6.61 Å². The van der Waals surface area contributed by atoms with Gasteiger partial charge in [-0.25, -0.2) is 0 Å². The highest BCUT2D eigenvalue weighted by Crippen LogP contribution is 2.27. The molecule has 0 aliphatic heterocycles. The van der Waals surface area contributed by atoms with Gasteiger partial charge in [-0.05, 0) is 47.9 Å². The van der Waals surface area contributed by atoms with Gasteiger partial charge in [-0.2, -0.15) is 0 Å².